The van der Waals surface area contributed by atoms with Gasteiger partial charge in [-0.15, -0.1) is 0 Å². The molecule has 1 heterocycles. The molecule has 1 N–H and O–H groups in total. The second-order valence-corrected chi connectivity index (χ2v) is 6.49. The van der Waals surface area contributed by atoms with Gasteiger partial charge in [-0.2, -0.15) is 0 Å². The van der Waals surface area contributed by atoms with Crippen LogP contribution in [-0.4, -0.2) is 35.0 Å². The monoisotopic (exact) mass is 255 g/mol. The lowest BCUT2D eigenvalue weighted by atomic mass is 9.80. The topological polar surface area (TPSA) is 57.6 Å². The minimum absolute atomic E-state index is 0.100. The maximum absolute atomic E-state index is 12.2. The van der Waals surface area contributed by atoms with Crippen LogP contribution < -0.4 is 0 Å². The van der Waals surface area contributed by atoms with E-state index in [9.17, 15) is 9.59 Å². The van der Waals surface area contributed by atoms with E-state index in [1.165, 1.54) is 0 Å². The largest absolute Gasteiger partial charge is 0.481 e. The van der Waals surface area contributed by atoms with Crippen molar-refractivity contribution in [2.45, 2.75) is 47.0 Å². The predicted molar refractivity (Wildman–Crippen MR) is 70.2 cm³/mol. The zero-order valence-corrected chi connectivity index (χ0v) is 11.9. The molecule has 0 aromatic carbocycles. The van der Waals surface area contributed by atoms with Crippen molar-refractivity contribution in [1.82, 2.24) is 4.90 Å². The van der Waals surface area contributed by atoms with Crippen LogP contribution in [0, 0.1) is 17.3 Å². The number of carboxylic acids is 1. The summed E-state index contributed by atoms with van der Waals surface area (Å²) in [6.45, 7) is 9.55. The standard InChI is InChI=1S/C14H25NO3/c1-10(14(2,3)4)8-12(16)15-7-5-6-11(9-15)13(17)18/h10-11H,5-9H2,1-4H3,(H,17,18). The molecule has 0 aromatic rings. The molecule has 4 heteroatoms. The van der Waals surface area contributed by atoms with Crippen LogP contribution in [0.5, 0.6) is 0 Å². The number of nitrogens with zero attached hydrogens (tertiary/aromatic N) is 1. The first kappa shape index (κ1) is 15.0. The smallest absolute Gasteiger partial charge is 0.308 e. The average molecular weight is 255 g/mol. The second kappa shape index (κ2) is 5.72. The lowest BCUT2D eigenvalue weighted by molar-refractivity contribution is -0.146. The Labute approximate surface area is 109 Å². The number of likely N-dealkylation sites (tertiary alicyclic amines) is 1. The van der Waals surface area contributed by atoms with Crippen molar-refractivity contribution in [3.05, 3.63) is 0 Å². The summed E-state index contributed by atoms with van der Waals surface area (Å²) in [6, 6.07) is 0. The zero-order valence-electron chi connectivity index (χ0n) is 11.9. The molecule has 1 aliphatic heterocycles. The molecule has 0 radical (unpaired) electrons. The van der Waals surface area contributed by atoms with E-state index in [0.717, 1.165) is 6.42 Å². The molecule has 1 amide bonds. The van der Waals surface area contributed by atoms with Crippen LogP contribution in [0.3, 0.4) is 0 Å². The van der Waals surface area contributed by atoms with Crippen LogP contribution in [0.2, 0.25) is 0 Å². The lowest BCUT2D eigenvalue weighted by Gasteiger charge is -2.33. The van der Waals surface area contributed by atoms with E-state index < -0.39 is 5.97 Å². The number of amides is 1. The number of hydrogen-bond acceptors (Lipinski definition) is 2. The molecule has 18 heavy (non-hydrogen) atoms. The number of carbonyl (C=O) groups is 2. The third kappa shape index (κ3) is 4.00. The van der Waals surface area contributed by atoms with Gasteiger partial charge in [0.2, 0.25) is 5.91 Å². The van der Waals surface area contributed by atoms with Gasteiger partial charge in [0.25, 0.3) is 0 Å². The van der Waals surface area contributed by atoms with Crippen molar-refractivity contribution < 1.29 is 14.7 Å². The van der Waals surface area contributed by atoms with Crippen LogP contribution in [-0.2, 0) is 9.59 Å². The van der Waals surface area contributed by atoms with Gasteiger partial charge in [0, 0.05) is 19.5 Å². The van der Waals surface area contributed by atoms with Crippen molar-refractivity contribution in [2.24, 2.45) is 17.3 Å². The summed E-state index contributed by atoms with van der Waals surface area (Å²) in [5.41, 5.74) is 0.109. The van der Waals surface area contributed by atoms with Crippen molar-refractivity contribution in [1.29, 1.82) is 0 Å². The summed E-state index contributed by atoms with van der Waals surface area (Å²) in [5, 5.41) is 9.01. The Morgan fingerprint density at radius 3 is 2.50 bits per heavy atom. The first-order chi connectivity index (χ1) is 8.21. The maximum atomic E-state index is 12.2. The van der Waals surface area contributed by atoms with E-state index >= 15 is 0 Å². The Balaban J connectivity index is 2.54. The molecule has 0 aromatic heterocycles. The Morgan fingerprint density at radius 2 is 2.00 bits per heavy atom. The molecular weight excluding hydrogens is 230 g/mol. The fourth-order valence-corrected chi connectivity index (χ4v) is 2.10. The van der Waals surface area contributed by atoms with Crippen molar-refractivity contribution in [3.63, 3.8) is 0 Å². The molecule has 104 valence electrons. The van der Waals surface area contributed by atoms with Crippen LogP contribution in [0.25, 0.3) is 0 Å². The minimum Gasteiger partial charge on any atom is -0.481 e. The van der Waals surface area contributed by atoms with Gasteiger partial charge < -0.3 is 10.0 Å². The summed E-state index contributed by atoms with van der Waals surface area (Å²) in [5.74, 6) is -0.761. The second-order valence-electron chi connectivity index (χ2n) is 6.49. The Hall–Kier alpha value is -1.06. The van der Waals surface area contributed by atoms with Gasteiger partial charge in [0.1, 0.15) is 0 Å². The van der Waals surface area contributed by atoms with Crippen molar-refractivity contribution in [3.8, 4) is 0 Å². The van der Waals surface area contributed by atoms with Crippen molar-refractivity contribution in [2.75, 3.05) is 13.1 Å². The van der Waals surface area contributed by atoms with Crippen LogP contribution in [0.4, 0.5) is 0 Å². The van der Waals surface area contributed by atoms with E-state index in [-0.39, 0.29) is 17.2 Å². The molecule has 1 rings (SSSR count). The fraction of sp³-hybridized carbons (Fsp3) is 0.857. The normalized spacial score (nSPS) is 22.7. The molecule has 2 unspecified atom stereocenters. The summed E-state index contributed by atoms with van der Waals surface area (Å²) < 4.78 is 0. The molecule has 1 saturated heterocycles. The maximum Gasteiger partial charge on any atom is 0.308 e. The molecule has 1 fully saturated rings. The Morgan fingerprint density at radius 1 is 1.39 bits per heavy atom. The summed E-state index contributed by atoms with van der Waals surface area (Å²) in [7, 11) is 0. The quantitative estimate of drug-likeness (QED) is 0.842. The minimum atomic E-state index is -0.781. The first-order valence-electron chi connectivity index (χ1n) is 6.72. The highest BCUT2D eigenvalue weighted by Gasteiger charge is 2.30. The number of piperidine rings is 1. The van der Waals surface area contributed by atoms with Gasteiger partial charge in [-0.3, -0.25) is 9.59 Å². The highest BCUT2D eigenvalue weighted by Crippen LogP contribution is 2.29. The zero-order chi connectivity index (χ0) is 13.9. The van der Waals surface area contributed by atoms with Crippen molar-refractivity contribution >= 4 is 11.9 Å². The molecule has 4 nitrogen and oxygen atoms in total. The Kier molecular flexibility index (Phi) is 4.77. The van der Waals surface area contributed by atoms with Gasteiger partial charge in [0.05, 0.1) is 5.92 Å². The summed E-state index contributed by atoms with van der Waals surface area (Å²) >= 11 is 0. The van der Waals surface area contributed by atoms with E-state index in [0.29, 0.717) is 31.8 Å². The van der Waals surface area contributed by atoms with Gasteiger partial charge in [-0.25, -0.2) is 0 Å². The molecular formula is C14H25NO3. The average Bonchev–Trinajstić information content (AvgIpc) is 2.27. The van der Waals surface area contributed by atoms with E-state index in [1.54, 1.807) is 4.90 Å². The number of carboxylic acid groups (broad SMARTS) is 1. The molecule has 0 aliphatic carbocycles. The number of aliphatic carboxylic acids is 1. The first-order valence-corrected chi connectivity index (χ1v) is 6.72. The Bertz CT molecular complexity index is 319. The fourth-order valence-electron chi connectivity index (χ4n) is 2.10. The van der Waals surface area contributed by atoms with Crippen LogP contribution in [0.15, 0.2) is 0 Å². The number of hydrogen-bond donors (Lipinski definition) is 1. The molecule has 1 aliphatic rings. The van der Waals surface area contributed by atoms with E-state index in [1.807, 2.05) is 0 Å². The third-order valence-corrected chi connectivity index (χ3v) is 4.08. The van der Waals surface area contributed by atoms with Gasteiger partial charge in [0.15, 0.2) is 0 Å². The summed E-state index contributed by atoms with van der Waals surface area (Å²) in [4.78, 5) is 24.8. The van der Waals surface area contributed by atoms with Gasteiger partial charge in [-0.1, -0.05) is 27.7 Å². The molecule has 0 bridgehead atoms. The highest BCUT2D eigenvalue weighted by molar-refractivity contribution is 5.78. The molecule has 2 atom stereocenters. The molecule has 0 saturated carbocycles. The van der Waals surface area contributed by atoms with Crippen LogP contribution in [0.1, 0.15) is 47.0 Å². The molecule has 0 spiro atoms. The lowest BCUT2D eigenvalue weighted by Crippen LogP contribution is -2.43. The predicted octanol–water partition coefficient (Wildman–Crippen LogP) is 2.38. The van der Waals surface area contributed by atoms with E-state index in [2.05, 4.69) is 27.7 Å². The number of rotatable bonds is 3. The number of carbonyl (C=O) groups excluding carboxylic acids is 1. The van der Waals surface area contributed by atoms with Crippen LogP contribution >= 0.6 is 0 Å². The third-order valence-electron chi connectivity index (χ3n) is 4.08. The summed E-state index contributed by atoms with van der Waals surface area (Å²) in [6.07, 6.45) is 2.00. The van der Waals surface area contributed by atoms with E-state index in [4.69, 9.17) is 5.11 Å². The SMILES string of the molecule is CC(CC(=O)N1CCCC(C(=O)O)C1)C(C)(C)C. The van der Waals surface area contributed by atoms with Gasteiger partial charge >= 0.3 is 5.97 Å². The highest BCUT2D eigenvalue weighted by atomic mass is 16.4. The van der Waals surface area contributed by atoms with Gasteiger partial charge in [-0.05, 0) is 24.2 Å².